The van der Waals surface area contributed by atoms with Crippen LogP contribution in [-0.2, 0) is 6.42 Å². The van der Waals surface area contributed by atoms with E-state index in [-0.39, 0.29) is 5.91 Å². The van der Waals surface area contributed by atoms with Crippen molar-refractivity contribution in [1.82, 2.24) is 20.2 Å². The Morgan fingerprint density at radius 1 is 1.14 bits per heavy atom. The highest BCUT2D eigenvalue weighted by molar-refractivity contribution is 5.93. The van der Waals surface area contributed by atoms with E-state index in [4.69, 9.17) is 0 Å². The Kier molecular flexibility index (Phi) is 7.37. The number of carbonyl (C=O) groups is 1. The van der Waals surface area contributed by atoms with Crippen molar-refractivity contribution >= 4 is 11.9 Å². The molecule has 1 amide bonds. The second kappa shape index (κ2) is 10.2. The minimum absolute atomic E-state index is 0.105. The van der Waals surface area contributed by atoms with Crippen LogP contribution in [0.3, 0.4) is 0 Å². The first-order valence-electron chi connectivity index (χ1n) is 10.2. The van der Waals surface area contributed by atoms with Crippen LogP contribution in [0, 0.1) is 5.92 Å². The van der Waals surface area contributed by atoms with Crippen LogP contribution in [0.15, 0.2) is 42.7 Å². The average Bonchev–Trinajstić information content (AvgIpc) is 2.72. The number of aromatic nitrogens is 2. The Bertz CT molecular complexity index is 724. The fraction of sp³-hybridized carbons (Fsp3) is 0.500. The minimum Gasteiger partial charge on any atom is -0.352 e. The summed E-state index contributed by atoms with van der Waals surface area (Å²) in [7, 11) is 4.05. The summed E-state index contributed by atoms with van der Waals surface area (Å²) < 4.78 is 0. The molecule has 1 aliphatic rings. The van der Waals surface area contributed by atoms with E-state index >= 15 is 0 Å². The number of anilines is 1. The second-order valence-electron chi connectivity index (χ2n) is 7.80. The minimum atomic E-state index is -0.105. The van der Waals surface area contributed by atoms with Crippen LogP contribution < -0.4 is 10.2 Å². The summed E-state index contributed by atoms with van der Waals surface area (Å²) in [6.07, 6.45) is 7.64. The summed E-state index contributed by atoms with van der Waals surface area (Å²) in [6, 6.07) is 10.7. The molecule has 0 bridgehead atoms. The third-order valence-electron chi connectivity index (χ3n) is 5.23. The summed E-state index contributed by atoms with van der Waals surface area (Å²) in [4.78, 5) is 25.4. The molecule has 28 heavy (non-hydrogen) atoms. The zero-order valence-corrected chi connectivity index (χ0v) is 17.0. The van der Waals surface area contributed by atoms with Crippen molar-refractivity contribution in [2.45, 2.75) is 25.7 Å². The van der Waals surface area contributed by atoms with Gasteiger partial charge in [0.2, 0.25) is 5.95 Å². The van der Waals surface area contributed by atoms with Gasteiger partial charge in [0.25, 0.3) is 5.91 Å². The smallest absolute Gasteiger partial charge is 0.254 e. The molecule has 0 radical (unpaired) electrons. The zero-order chi connectivity index (χ0) is 19.8. The largest absolute Gasteiger partial charge is 0.352 e. The third kappa shape index (κ3) is 6.02. The second-order valence-corrected chi connectivity index (χ2v) is 7.80. The molecule has 0 spiro atoms. The third-order valence-corrected chi connectivity index (χ3v) is 5.23. The molecule has 1 N–H and O–H groups in total. The summed E-state index contributed by atoms with van der Waals surface area (Å²) in [5.41, 5.74) is 1.94. The van der Waals surface area contributed by atoms with Gasteiger partial charge < -0.3 is 15.1 Å². The van der Waals surface area contributed by atoms with Crippen LogP contribution in [0.4, 0.5) is 5.95 Å². The predicted molar refractivity (Wildman–Crippen MR) is 113 cm³/mol. The van der Waals surface area contributed by atoms with Crippen molar-refractivity contribution in [2.24, 2.45) is 5.92 Å². The average molecular weight is 382 g/mol. The maximum Gasteiger partial charge on any atom is 0.254 e. The van der Waals surface area contributed by atoms with E-state index in [2.05, 4.69) is 55.4 Å². The highest BCUT2D eigenvalue weighted by atomic mass is 16.1. The zero-order valence-electron chi connectivity index (χ0n) is 17.0. The van der Waals surface area contributed by atoms with Crippen LogP contribution in [0.2, 0.25) is 0 Å². The normalized spacial score (nSPS) is 15.0. The Morgan fingerprint density at radius 2 is 1.82 bits per heavy atom. The van der Waals surface area contributed by atoms with Gasteiger partial charge in [-0.3, -0.25) is 4.79 Å². The molecule has 0 atom stereocenters. The first-order chi connectivity index (χ1) is 13.6. The van der Waals surface area contributed by atoms with Crippen molar-refractivity contribution in [2.75, 3.05) is 45.2 Å². The molecule has 1 fully saturated rings. The molecule has 1 aromatic heterocycles. The molecular formula is C22H31N5O. The van der Waals surface area contributed by atoms with Gasteiger partial charge in [0.05, 0.1) is 5.56 Å². The van der Waals surface area contributed by atoms with Gasteiger partial charge in [-0.15, -0.1) is 0 Å². The quantitative estimate of drug-likeness (QED) is 0.712. The Balaban J connectivity index is 1.44. The lowest BCUT2D eigenvalue weighted by Crippen LogP contribution is -2.35. The molecular weight excluding hydrogens is 350 g/mol. The van der Waals surface area contributed by atoms with E-state index in [9.17, 15) is 4.79 Å². The van der Waals surface area contributed by atoms with Crippen LogP contribution in [0.25, 0.3) is 0 Å². The van der Waals surface area contributed by atoms with Crippen molar-refractivity contribution in [3.63, 3.8) is 0 Å². The van der Waals surface area contributed by atoms with Gasteiger partial charge in [0.1, 0.15) is 0 Å². The van der Waals surface area contributed by atoms with Crippen molar-refractivity contribution in [3.05, 3.63) is 53.9 Å². The van der Waals surface area contributed by atoms with Gasteiger partial charge >= 0.3 is 0 Å². The van der Waals surface area contributed by atoms with E-state index < -0.39 is 0 Å². The number of piperidine rings is 1. The Labute approximate surface area is 168 Å². The SMILES string of the molecule is CN(C)CCCNC(=O)c1cnc(N2CCC(Cc3ccccc3)CC2)nc1. The highest BCUT2D eigenvalue weighted by Gasteiger charge is 2.21. The van der Waals surface area contributed by atoms with Gasteiger partial charge in [0.15, 0.2) is 0 Å². The fourth-order valence-electron chi connectivity index (χ4n) is 3.59. The molecule has 6 nitrogen and oxygen atoms in total. The molecule has 150 valence electrons. The molecule has 2 aromatic rings. The molecule has 0 unspecified atom stereocenters. The first-order valence-corrected chi connectivity index (χ1v) is 10.2. The molecule has 2 heterocycles. The number of hydrogen-bond acceptors (Lipinski definition) is 5. The lowest BCUT2D eigenvalue weighted by atomic mass is 9.90. The van der Waals surface area contributed by atoms with Crippen molar-refractivity contribution in [3.8, 4) is 0 Å². The van der Waals surface area contributed by atoms with Crippen molar-refractivity contribution in [1.29, 1.82) is 0 Å². The Hall–Kier alpha value is -2.47. The number of carbonyl (C=O) groups excluding carboxylic acids is 1. The maximum atomic E-state index is 12.2. The van der Waals surface area contributed by atoms with Crippen LogP contribution in [0.5, 0.6) is 0 Å². The van der Waals surface area contributed by atoms with E-state index in [1.165, 1.54) is 5.56 Å². The first kappa shape index (κ1) is 20.3. The topological polar surface area (TPSA) is 61.4 Å². The maximum absolute atomic E-state index is 12.2. The summed E-state index contributed by atoms with van der Waals surface area (Å²) in [6.45, 7) is 3.55. The standard InChI is InChI=1S/C22H31N5O/c1-26(2)12-6-11-23-21(28)20-16-24-22(25-17-20)27-13-9-19(10-14-27)15-18-7-4-3-5-8-18/h3-5,7-8,16-17,19H,6,9-15H2,1-2H3,(H,23,28). The number of amides is 1. The van der Waals surface area contributed by atoms with E-state index in [1.807, 2.05) is 14.1 Å². The monoisotopic (exact) mass is 381 g/mol. The molecule has 1 aliphatic heterocycles. The van der Waals surface area contributed by atoms with Gasteiger partial charge in [-0.2, -0.15) is 0 Å². The van der Waals surface area contributed by atoms with Gasteiger partial charge in [0, 0.05) is 32.0 Å². The number of benzene rings is 1. The molecule has 0 saturated carbocycles. The summed E-state index contributed by atoms with van der Waals surface area (Å²) in [5.74, 6) is 1.33. The highest BCUT2D eigenvalue weighted by Crippen LogP contribution is 2.23. The number of nitrogens with zero attached hydrogens (tertiary/aromatic N) is 4. The summed E-state index contributed by atoms with van der Waals surface area (Å²) >= 11 is 0. The predicted octanol–water partition coefficient (Wildman–Crippen LogP) is 2.62. The molecule has 3 rings (SSSR count). The molecule has 6 heteroatoms. The van der Waals surface area contributed by atoms with E-state index in [1.54, 1.807) is 12.4 Å². The van der Waals surface area contributed by atoms with E-state index in [0.29, 0.717) is 18.0 Å². The lowest BCUT2D eigenvalue weighted by Gasteiger charge is -2.32. The fourth-order valence-corrected chi connectivity index (χ4v) is 3.59. The van der Waals surface area contributed by atoms with Gasteiger partial charge in [-0.1, -0.05) is 30.3 Å². The van der Waals surface area contributed by atoms with Crippen molar-refractivity contribution < 1.29 is 4.79 Å². The van der Waals surface area contributed by atoms with Crippen LogP contribution in [-0.4, -0.2) is 61.0 Å². The van der Waals surface area contributed by atoms with E-state index in [0.717, 1.165) is 51.3 Å². The number of nitrogens with one attached hydrogen (secondary N) is 1. The Morgan fingerprint density at radius 3 is 2.46 bits per heavy atom. The number of hydrogen-bond donors (Lipinski definition) is 1. The lowest BCUT2D eigenvalue weighted by molar-refractivity contribution is 0.0951. The number of rotatable bonds is 8. The van der Waals surface area contributed by atoms with Gasteiger partial charge in [-0.25, -0.2) is 9.97 Å². The molecule has 0 aliphatic carbocycles. The molecule has 1 saturated heterocycles. The van der Waals surface area contributed by atoms with Gasteiger partial charge in [-0.05, 0) is 57.8 Å². The van der Waals surface area contributed by atoms with Crippen LogP contribution >= 0.6 is 0 Å². The summed E-state index contributed by atoms with van der Waals surface area (Å²) in [5, 5.41) is 2.92. The van der Waals surface area contributed by atoms with Crippen LogP contribution in [0.1, 0.15) is 35.2 Å². The molecule has 1 aromatic carbocycles.